The maximum absolute atomic E-state index is 12.6. The molecule has 1 aromatic rings. The highest BCUT2D eigenvalue weighted by molar-refractivity contribution is 5.99. The van der Waals surface area contributed by atoms with Gasteiger partial charge in [-0.25, -0.2) is 0 Å². The van der Waals surface area contributed by atoms with E-state index in [1.807, 2.05) is 38.1 Å². The molecule has 0 saturated heterocycles. The number of hydrogen-bond acceptors (Lipinski definition) is 3. The molecule has 0 radical (unpaired) electrons. The number of nitriles is 1. The van der Waals surface area contributed by atoms with E-state index in [1.165, 1.54) is 0 Å². The van der Waals surface area contributed by atoms with E-state index in [0.29, 0.717) is 6.54 Å². The summed E-state index contributed by atoms with van der Waals surface area (Å²) in [7, 11) is 0. The van der Waals surface area contributed by atoms with Gasteiger partial charge in [0.15, 0.2) is 0 Å². The van der Waals surface area contributed by atoms with Crippen molar-refractivity contribution in [2.24, 2.45) is 16.6 Å². The van der Waals surface area contributed by atoms with Crippen LogP contribution in [-0.2, 0) is 11.3 Å². The summed E-state index contributed by atoms with van der Waals surface area (Å²) in [4.78, 5) is 17.9. The number of fused-ring (bicyclic) bond motifs is 1. The second-order valence-electron chi connectivity index (χ2n) is 5.17. The van der Waals surface area contributed by atoms with Crippen LogP contribution in [0.3, 0.4) is 0 Å². The molecule has 0 aliphatic carbocycles. The highest BCUT2D eigenvalue weighted by Crippen LogP contribution is 2.26. The predicted molar refractivity (Wildman–Crippen MR) is 81.1 cm³/mol. The number of amides is 1. The molecular formula is C15H19N5O. The van der Waals surface area contributed by atoms with E-state index in [4.69, 9.17) is 11.0 Å². The number of carbonyl (C=O) groups is 1. The van der Waals surface area contributed by atoms with Crippen LogP contribution in [0.4, 0.5) is 5.69 Å². The molecule has 2 rings (SSSR count). The summed E-state index contributed by atoms with van der Waals surface area (Å²) in [5.41, 5.74) is 7.64. The van der Waals surface area contributed by atoms with Crippen molar-refractivity contribution in [3.05, 3.63) is 29.8 Å². The Morgan fingerprint density at radius 2 is 2.33 bits per heavy atom. The van der Waals surface area contributed by atoms with Gasteiger partial charge in [0.25, 0.3) is 0 Å². The SMILES string of the molecule is CC[C@H](C)C1C(=O)Nc2ccccc2CN1C(N)=NC#N. The molecule has 0 spiro atoms. The molecule has 21 heavy (non-hydrogen) atoms. The number of anilines is 1. The van der Waals surface area contributed by atoms with Gasteiger partial charge in [0.1, 0.15) is 6.04 Å². The summed E-state index contributed by atoms with van der Waals surface area (Å²) in [5.74, 6) is 0.0480. The van der Waals surface area contributed by atoms with Gasteiger partial charge >= 0.3 is 0 Å². The van der Waals surface area contributed by atoms with Gasteiger partial charge in [-0.2, -0.15) is 5.26 Å². The maximum Gasteiger partial charge on any atom is 0.247 e. The fraction of sp³-hybridized carbons (Fsp3) is 0.400. The Morgan fingerprint density at radius 1 is 1.62 bits per heavy atom. The highest BCUT2D eigenvalue weighted by Gasteiger charge is 2.34. The lowest BCUT2D eigenvalue weighted by Crippen LogP contribution is -2.51. The third kappa shape index (κ3) is 2.97. The number of carbonyl (C=O) groups excluding carboxylic acids is 1. The first-order chi connectivity index (χ1) is 10.1. The quantitative estimate of drug-likeness (QED) is 0.491. The summed E-state index contributed by atoms with van der Waals surface area (Å²) in [5, 5.41) is 11.7. The number of benzene rings is 1. The van der Waals surface area contributed by atoms with Crippen molar-refractivity contribution in [2.45, 2.75) is 32.9 Å². The van der Waals surface area contributed by atoms with Gasteiger partial charge in [-0.3, -0.25) is 4.79 Å². The first-order valence-corrected chi connectivity index (χ1v) is 6.96. The number of nitrogens with one attached hydrogen (secondary N) is 1. The molecule has 6 nitrogen and oxygen atoms in total. The van der Waals surface area contributed by atoms with Crippen LogP contribution in [0, 0.1) is 17.4 Å². The summed E-state index contributed by atoms with van der Waals surface area (Å²) in [6, 6.07) is 7.13. The highest BCUT2D eigenvalue weighted by atomic mass is 16.2. The van der Waals surface area contributed by atoms with Crippen molar-refractivity contribution in [3.8, 4) is 6.19 Å². The van der Waals surface area contributed by atoms with E-state index >= 15 is 0 Å². The van der Waals surface area contributed by atoms with Gasteiger partial charge < -0.3 is 16.0 Å². The van der Waals surface area contributed by atoms with Crippen molar-refractivity contribution in [2.75, 3.05) is 5.32 Å². The normalized spacial score (nSPS) is 20.0. The summed E-state index contributed by atoms with van der Waals surface area (Å²) < 4.78 is 0. The number of hydrogen-bond donors (Lipinski definition) is 2. The van der Waals surface area contributed by atoms with E-state index in [2.05, 4.69) is 10.3 Å². The molecule has 110 valence electrons. The van der Waals surface area contributed by atoms with Crippen LogP contribution in [0.25, 0.3) is 0 Å². The molecule has 0 aromatic heterocycles. The molecule has 0 saturated carbocycles. The minimum atomic E-state index is -0.445. The molecular weight excluding hydrogens is 266 g/mol. The molecule has 6 heteroatoms. The van der Waals surface area contributed by atoms with Crippen molar-refractivity contribution in [1.29, 1.82) is 5.26 Å². The smallest absolute Gasteiger partial charge is 0.247 e. The van der Waals surface area contributed by atoms with Gasteiger partial charge in [-0.15, -0.1) is 4.99 Å². The van der Waals surface area contributed by atoms with Crippen LogP contribution in [0.5, 0.6) is 0 Å². The standard InChI is InChI=1S/C15H19N5O/c1-3-10(2)13-14(21)19-12-7-5-4-6-11(12)8-20(13)15(17)18-9-16/h4-7,10,13H,3,8H2,1-2H3,(H2,17,18)(H,19,21)/t10-,13?/m0/s1. The van der Waals surface area contributed by atoms with E-state index < -0.39 is 6.04 Å². The predicted octanol–water partition coefficient (Wildman–Crippen LogP) is 1.65. The molecule has 0 bridgehead atoms. The molecule has 1 amide bonds. The van der Waals surface area contributed by atoms with Crippen LogP contribution < -0.4 is 11.1 Å². The van der Waals surface area contributed by atoms with Crippen molar-refractivity contribution >= 4 is 17.6 Å². The summed E-state index contributed by atoms with van der Waals surface area (Å²) in [6.45, 7) is 4.46. The topological polar surface area (TPSA) is 94.5 Å². The Morgan fingerprint density at radius 3 is 3.00 bits per heavy atom. The molecule has 2 atom stereocenters. The fourth-order valence-electron chi connectivity index (χ4n) is 2.54. The van der Waals surface area contributed by atoms with E-state index in [9.17, 15) is 4.79 Å². The summed E-state index contributed by atoms with van der Waals surface area (Å²) >= 11 is 0. The number of nitrogens with two attached hydrogens (primary N) is 1. The third-order valence-corrected chi connectivity index (χ3v) is 3.86. The van der Waals surface area contributed by atoms with Gasteiger partial charge in [-0.05, 0) is 17.5 Å². The Hall–Kier alpha value is -2.55. The zero-order valence-corrected chi connectivity index (χ0v) is 12.2. The Kier molecular flexibility index (Phi) is 4.43. The largest absolute Gasteiger partial charge is 0.369 e. The third-order valence-electron chi connectivity index (χ3n) is 3.86. The van der Waals surface area contributed by atoms with Crippen molar-refractivity contribution in [3.63, 3.8) is 0 Å². The zero-order valence-electron chi connectivity index (χ0n) is 12.2. The Balaban J connectivity index is 2.48. The minimum Gasteiger partial charge on any atom is -0.369 e. The van der Waals surface area contributed by atoms with Crippen LogP contribution in [0.2, 0.25) is 0 Å². The van der Waals surface area contributed by atoms with Crippen molar-refractivity contribution < 1.29 is 4.79 Å². The monoisotopic (exact) mass is 285 g/mol. The average molecular weight is 285 g/mol. The second kappa shape index (κ2) is 6.27. The molecule has 0 fully saturated rings. The van der Waals surface area contributed by atoms with Crippen LogP contribution in [0.1, 0.15) is 25.8 Å². The Labute approximate surface area is 124 Å². The van der Waals surface area contributed by atoms with Crippen LogP contribution in [0.15, 0.2) is 29.3 Å². The molecule has 1 unspecified atom stereocenters. The lowest BCUT2D eigenvalue weighted by atomic mass is 9.97. The second-order valence-corrected chi connectivity index (χ2v) is 5.17. The minimum absolute atomic E-state index is 0.0784. The van der Waals surface area contributed by atoms with Gasteiger partial charge in [0, 0.05) is 12.2 Å². The number of guanidine groups is 1. The number of para-hydroxylation sites is 1. The van der Waals surface area contributed by atoms with Crippen LogP contribution >= 0.6 is 0 Å². The number of rotatable bonds is 2. The van der Waals surface area contributed by atoms with E-state index in [1.54, 1.807) is 11.1 Å². The van der Waals surface area contributed by atoms with Gasteiger partial charge in [0.05, 0.1) is 0 Å². The fourth-order valence-corrected chi connectivity index (χ4v) is 2.54. The summed E-state index contributed by atoms with van der Waals surface area (Å²) in [6.07, 6.45) is 2.52. The zero-order chi connectivity index (χ0) is 15.4. The number of nitrogens with zero attached hydrogens (tertiary/aromatic N) is 3. The lowest BCUT2D eigenvalue weighted by Gasteiger charge is -2.32. The van der Waals surface area contributed by atoms with E-state index in [0.717, 1.165) is 17.7 Å². The van der Waals surface area contributed by atoms with E-state index in [-0.39, 0.29) is 17.8 Å². The molecule has 1 aliphatic heterocycles. The molecule has 1 aliphatic rings. The number of aliphatic imine (C=N–C) groups is 1. The van der Waals surface area contributed by atoms with Gasteiger partial charge in [0.2, 0.25) is 18.1 Å². The van der Waals surface area contributed by atoms with Crippen molar-refractivity contribution in [1.82, 2.24) is 4.90 Å². The first-order valence-electron chi connectivity index (χ1n) is 6.96. The maximum atomic E-state index is 12.6. The van der Waals surface area contributed by atoms with Gasteiger partial charge in [-0.1, -0.05) is 38.5 Å². The first kappa shape index (κ1) is 14.9. The lowest BCUT2D eigenvalue weighted by molar-refractivity contribution is -0.121. The average Bonchev–Trinajstić information content (AvgIpc) is 2.62. The molecule has 1 aromatic carbocycles. The molecule has 1 heterocycles. The van der Waals surface area contributed by atoms with Crippen LogP contribution in [-0.4, -0.2) is 22.8 Å². The Bertz CT molecular complexity index is 604. The molecule has 3 N–H and O–H groups in total.